The number of benzene rings is 13. The highest BCUT2D eigenvalue weighted by atomic mass is 16.3. The Labute approximate surface area is 545 Å². The van der Waals surface area contributed by atoms with Gasteiger partial charge >= 0.3 is 0 Å². The molecule has 0 radical (unpaired) electrons. The summed E-state index contributed by atoms with van der Waals surface area (Å²) in [6, 6.07) is 106. The topological polar surface area (TPSA) is 113 Å². The summed E-state index contributed by atoms with van der Waals surface area (Å²) in [6.07, 6.45) is 0. The quantitative estimate of drug-likeness (QED) is 0.140. The van der Waals surface area contributed by atoms with Gasteiger partial charge in [-0.25, -0.2) is 29.9 Å². The summed E-state index contributed by atoms with van der Waals surface area (Å²) in [4.78, 5) is 30.1. The average Bonchev–Trinajstić information content (AvgIpc) is 1.58. The van der Waals surface area contributed by atoms with E-state index in [1.54, 1.807) is 0 Å². The third kappa shape index (κ3) is 9.66. The summed E-state index contributed by atoms with van der Waals surface area (Å²) < 4.78 is 18.3. The second-order valence-corrected chi connectivity index (χ2v) is 23.8. The molecule has 0 saturated heterocycles. The molecule has 6 heterocycles. The average molecular weight is 1220 g/mol. The molecular formula is C85H54N8O2. The van der Waals surface area contributed by atoms with E-state index in [-0.39, 0.29) is 0 Å². The van der Waals surface area contributed by atoms with Gasteiger partial charge in [0.25, 0.3) is 0 Å². The summed E-state index contributed by atoms with van der Waals surface area (Å²) in [5.74, 6) is 3.61. The van der Waals surface area contributed by atoms with Gasteiger partial charge in [-0.2, -0.15) is 0 Å². The number of aryl methyl sites for hydroxylation is 1. The first kappa shape index (κ1) is 55.0. The van der Waals surface area contributed by atoms with Gasteiger partial charge in [-0.3, -0.25) is 0 Å². The van der Waals surface area contributed by atoms with Gasteiger partial charge < -0.3 is 18.0 Å². The van der Waals surface area contributed by atoms with Crippen molar-refractivity contribution in [2.45, 2.75) is 6.92 Å². The zero-order valence-electron chi connectivity index (χ0n) is 51.3. The fourth-order valence-electron chi connectivity index (χ4n) is 13.5. The molecule has 446 valence electrons. The normalized spacial score (nSPS) is 11.6. The van der Waals surface area contributed by atoms with Crippen molar-refractivity contribution in [2.75, 3.05) is 0 Å². The van der Waals surface area contributed by atoms with Gasteiger partial charge in [0, 0.05) is 76.7 Å². The largest absolute Gasteiger partial charge is 0.455 e. The van der Waals surface area contributed by atoms with Crippen molar-refractivity contribution in [3.63, 3.8) is 0 Å². The Morgan fingerprint density at radius 1 is 0.232 bits per heavy atom. The van der Waals surface area contributed by atoms with Crippen LogP contribution in [0.2, 0.25) is 0 Å². The summed E-state index contributed by atoms with van der Waals surface area (Å²) in [6.45, 7) is 2.11. The molecule has 0 unspecified atom stereocenters. The Morgan fingerprint density at radius 3 is 0.958 bits per heavy atom. The maximum atomic E-state index is 6.88. The molecule has 0 saturated carbocycles. The molecule has 0 fully saturated rings. The summed E-state index contributed by atoms with van der Waals surface area (Å²) >= 11 is 0. The van der Waals surface area contributed by atoms with Crippen LogP contribution in [-0.4, -0.2) is 39.0 Å². The van der Waals surface area contributed by atoms with Crippen molar-refractivity contribution in [1.82, 2.24) is 39.0 Å². The van der Waals surface area contributed by atoms with E-state index in [2.05, 4.69) is 198 Å². The number of rotatable bonds is 9. The first-order valence-electron chi connectivity index (χ1n) is 31.7. The van der Waals surface area contributed by atoms with Crippen molar-refractivity contribution < 1.29 is 8.83 Å². The Hall–Kier alpha value is -12.9. The summed E-state index contributed by atoms with van der Waals surface area (Å²) in [5.41, 5.74) is 18.6. The minimum Gasteiger partial charge on any atom is -0.455 e. The van der Waals surface area contributed by atoms with Crippen molar-refractivity contribution in [2.24, 2.45) is 0 Å². The summed E-state index contributed by atoms with van der Waals surface area (Å²) in [7, 11) is 0. The second-order valence-electron chi connectivity index (χ2n) is 23.8. The molecule has 6 aromatic heterocycles. The molecule has 10 heteroatoms. The van der Waals surface area contributed by atoms with Crippen LogP contribution >= 0.6 is 0 Å². The Balaban J connectivity index is 0.000000140. The highest BCUT2D eigenvalue weighted by molar-refractivity contribution is 6.20. The molecule has 19 rings (SSSR count). The van der Waals surface area contributed by atoms with Gasteiger partial charge in [0.1, 0.15) is 22.3 Å². The minimum atomic E-state index is 0.559. The molecule has 19 aromatic rings. The van der Waals surface area contributed by atoms with E-state index in [0.717, 1.165) is 133 Å². The third-order valence-corrected chi connectivity index (χ3v) is 17.9. The molecular weight excluding hydrogens is 1160 g/mol. The van der Waals surface area contributed by atoms with E-state index < -0.39 is 0 Å². The van der Waals surface area contributed by atoms with Crippen molar-refractivity contribution in [1.29, 1.82) is 0 Å². The molecule has 0 bridgehead atoms. The lowest BCUT2D eigenvalue weighted by Gasteiger charge is -2.10. The van der Waals surface area contributed by atoms with Gasteiger partial charge in [-0.15, -0.1) is 0 Å². The van der Waals surface area contributed by atoms with Crippen LogP contribution in [0, 0.1) is 6.92 Å². The maximum absolute atomic E-state index is 6.88. The standard InChI is InChI=1S/C45H28N4O.C40H26N4O/c1-5-15-29(16-6-1)32-25-37-36-27-40-35(34-23-13-14-24-39(34)49(40)33-21-11-4-12-22-33)28-41(36)50-42(37)38(26-32)45-47-43(30-17-7-2-8-18-30)46-44(48-45)31-19-9-3-10-20-31;1-25-21-32-31-23-35-30(29-19-11-12-20-34(29)44(35)28-17-9-4-10-18-28)24-36(31)45-37(32)33(22-25)40-42-38(26-13-5-2-6-14-26)41-39(43-40)27-15-7-3-8-16-27/h1-28H;2-24H,1H3. The zero-order valence-corrected chi connectivity index (χ0v) is 51.3. The summed E-state index contributed by atoms with van der Waals surface area (Å²) in [5, 5.41) is 8.79. The van der Waals surface area contributed by atoms with Crippen LogP contribution in [0.25, 0.3) is 178 Å². The zero-order chi connectivity index (χ0) is 62.9. The Morgan fingerprint density at radius 2 is 0.558 bits per heavy atom. The van der Waals surface area contributed by atoms with Crippen molar-refractivity contribution >= 4 is 87.5 Å². The molecule has 0 aliphatic carbocycles. The van der Waals surface area contributed by atoms with Crippen LogP contribution in [-0.2, 0) is 0 Å². The van der Waals surface area contributed by atoms with E-state index in [4.69, 9.17) is 38.7 Å². The molecule has 0 N–H and O–H groups in total. The van der Waals surface area contributed by atoms with Crippen LogP contribution in [0.3, 0.4) is 0 Å². The fraction of sp³-hybridized carbons (Fsp3) is 0.0118. The monoisotopic (exact) mass is 1220 g/mol. The van der Waals surface area contributed by atoms with E-state index >= 15 is 0 Å². The number of furan rings is 2. The molecule has 95 heavy (non-hydrogen) atoms. The minimum absolute atomic E-state index is 0.559. The molecule has 10 nitrogen and oxygen atoms in total. The van der Waals surface area contributed by atoms with Gasteiger partial charge in [0.15, 0.2) is 34.9 Å². The molecule has 0 amide bonds. The lowest BCUT2D eigenvalue weighted by Crippen LogP contribution is -2.00. The fourth-order valence-corrected chi connectivity index (χ4v) is 13.5. The van der Waals surface area contributed by atoms with Crippen molar-refractivity contribution in [3.8, 4) is 90.8 Å². The van der Waals surface area contributed by atoms with Gasteiger partial charge in [0.2, 0.25) is 0 Å². The number of nitrogens with zero attached hydrogens (tertiary/aromatic N) is 8. The van der Waals surface area contributed by atoms with Crippen LogP contribution in [0.15, 0.2) is 318 Å². The van der Waals surface area contributed by atoms with Crippen LogP contribution < -0.4 is 0 Å². The number of fused-ring (bicyclic) bond motifs is 12. The second kappa shape index (κ2) is 22.8. The number of hydrogen-bond acceptors (Lipinski definition) is 8. The predicted molar refractivity (Wildman–Crippen MR) is 386 cm³/mol. The first-order valence-corrected chi connectivity index (χ1v) is 31.7. The predicted octanol–water partition coefficient (Wildman–Crippen LogP) is 21.7. The van der Waals surface area contributed by atoms with E-state index in [1.807, 2.05) is 127 Å². The lowest BCUT2D eigenvalue weighted by molar-refractivity contribution is 0.669. The van der Waals surface area contributed by atoms with Crippen molar-refractivity contribution in [3.05, 3.63) is 315 Å². The number of aromatic nitrogens is 8. The smallest absolute Gasteiger partial charge is 0.167 e. The molecule has 0 aliphatic rings. The van der Waals surface area contributed by atoms with E-state index in [0.29, 0.717) is 34.9 Å². The van der Waals surface area contributed by atoms with Crippen LogP contribution in [0.1, 0.15) is 5.56 Å². The SMILES string of the molecule is Cc1cc(-c2nc(-c3ccccc3)nc(-c3ccccc3)n2)c2oc3cc4c5ccccc5n(-c5ccccc5)c4cc3c2c1.c1ccc(-c2cc(-c3nc(-c4ccccc4)nc(-c4ccccc4)n3)c3oc4cc5c6ccccc6n(-c6ccccc6)c5cc4c3c2)cc1. The Bertz CT molecular complexity index is 6020. The van der Waals surface area contributed by atoms with Gasteiger partial charge in [-0.05, 0) is 109 Å². The van der Waals surface area contributed by atoms with E-state index in [1.165, 1.54) is 16.3 Å². The molecule has 0 spiro atoms. The molecule has 13 aromatic carbocycles. The van der Waals surface area contributed by atoms with Crippen LogP contribution in [0.4, 0.5) is 0 Å². The van der Waals surface area contributed by atoms with Crippen LogP contribution in [0.5, 0.6) is 0 Å². The van der Waals surface area contributed by atoms with E-state index in [9.17, 15) is 0 Å². The lowest BCUT2D eigenvalue weighted by atomic mass is 9.98. The van der Waals surface area contributed by atoms with Gasteiger partial charge in [-0.1, -0.05) is 224 Å². The number of hydrogen-bond donors (Lipinski definition) is 0. The highest BCUT2D eigenvalue weighted by Crippen LogP contribution is 2.45. The third-order valence-electron chi connectivity index (χ3n) is 17.9. The Kier molecular flexibility index (Phi) is 13.2. The molecule has 0 aliphatic heterocycles. The van der Waals surface area contributed by atoms with Gasteiger partial charge in [0.05, 0.1) is 33.2 Å². The number of para-hydroxylation sites is 4. The molecule has 0 atom stereocenters. The maximum Gasteiger partial charge on any atom is 0.167 e. The first-order chi connectivity index (χ1) is 47.0. The highest BCUT2D eigenvalue weighted by Gasteiger charge is 2.25.